The van der Waals surface area contributed by atoms with Gasteiger partial charge < -0.3 is 11.1 Å². The van der Waals surface area contributed by atoms with Crippen LogP contribution in [0.25, 0.3) is 0 Å². The number of nitrogens with one attached hydrogen (secondary N) is 1. The maximum atomic E-state index is 5.65. The minimum absolute atomic E-state index is 0.0142. The molecule has 0 aromatic carbocycles. The van der Waals surface area contributed by atoms with E-state index in [0.717, 1.165) is 0 Å². The first-order valence-electron chi connectivity index (χ1n) is 4.23. The topological polar surface area (TPSA) is 63.8 Å². The second kappa shape index (κ2) is 4.70. The summed E-state index contributed by atoms with van der Waals surface area (Å²) in [7, 11) is 0. The highest BCUT2D eigenvalue weighted by molar-refractivity contribution is 7.81. The van der Waals surface area contributed by atoms with Crippen LogP contribution in [0.3, 0.4) is 0 Å². The fourth-order valence-electron chi connectivity index (χ4n) is 0.828. The molecule has 1 heterocycles. The number of anilines is 2. The lowest BCUT2D eigenvalue weighted by Crippen LogP contribution is -2.19. The first-order chi connectivity index (χ1) is 6.49. The van der Waals surface area contributed by atoms with Crippen molar-refractivity contribution < 1.29 is 0 Å². The van der Waals surface area contributed by atoms with Crippen LogP contribution < -0.4 is 11.1 Å². The molecule has 14 heavy (non-hydrogen) atoms. The monoisotopic (exact) mass is 232 g/mol. The van der Waals surface area contributed by atoms with E-state index in [-0.39, 0.29) is 10.7 Å². The van der Waals surface area contributed by atoms with Gasteiger partial charge in [0.05, 0.1) is 5.37 Å². The van der Waals surface area contributed by atoms with E-state index in [1.54, 1.807) is 6.07 Å². The number of rotatable bonds is 3. The van der Waals surface area contributed by atoms with E-state index in [2.05, 4.69) is 41.8 Å². The molecule has 78 valence electrons. The Hall–Kier alpha value is -0.680. The Morgan fingerprint density at radius 2 is 2.14 bits per heavy atom. The largest absolute Gasteiger partial charge is 0.383 e. The zero-order chi connectivity index (χ0) is 10.7. The minimum Gasteiger partial charge on any atom is -0.383 e. The number of hydrogen-bond acceptors (Lipinski definition) is 5. The second-order valence-corrected chi connectivity index (χ2v) is 4.17. The van der Waals surface area contributed by atoms with Crippen molar-refractivity contribution in [2.45, 2.75) is 19.2 Å². The van der Waals surface area contributed by atoms with Crippen LogP contribution in [-0.4, -0.2) is 15.3 Å². The third-order valence-electron chi connectivity index (χ3n) is 1.65. The maximum Gasteiger partial charge on any atom is 0.226 e. The number of nitrogen functional groups attached to an aromatic ring is 1. The number of halogens is 1. The average molecular weight is 233 g/mol. The fraction of sp³-hybridized carbons (Fsp3) is 0.500. The Balaban J connectivity index is 2.76. The highest BCUT2D eigenvalue weighted by Gasteiger charge is 2.09. The molecular formula is C8H13ClN4S. The minimum atomic E-state index is 0.0142. The number of aromatic nitrogens is 2. The molecule has 0 radical (unpaired) electrons. The molecule has 0 fully saturated rings. The van der Waals surface area contributed by atoms with Gasteiger partial charge in [0.15, 0.2) is 0 Å². The van der Waals surface area contributed by atoms with E-state index in [4.69, 9.17) is 17.3 Å². The molecule has 0 aliphatic heterocycles. The summed E-state index contributed by atoms with van der Waals surface area (Å²) in [6.45, 7) is 4.10. The van der Waals surface area contributed by atoms with Crippen LogP contribution in [0.5, 0.6) is 0 Å². The average Bonchev–Trinajstić information content (AvgIpc) is 2.01. The molecule has 1 atom stereocenters. The van der Waals surface area contributed by atoms with Crippen molar-refractivity contribution in [2.24, 2.45) is 5.92 Å². The van der Waals surface area contributed by atoms with Crippen molar-refractivity contribution in [3.8, 4) is 0 Å². The molecule has 0 bridgehead atoms. The van der Waals surface area contributed by atoms with Crippen molar-refractivity contribution in [1.29, 1.82) is 0 Å². The Kier molecular flexibility index (Phi) is 3.83. The van der Waals surface area contributed by atoms with Crippen LogP contribution in [0.15, 0.2) is 6.07 Å². The van der Waals surface area contributed by atoms with E-state index in [1.165, 1.54) is 0 Å². The van der Waals surface area contributed by atoms with Gasteiger partial charge in [-0.15, -0.1) is 0 Å². The lowest BCUT2D eigenvalue weighted by Gasteiger charge is -2.17. The van der Waals surface area contributed by atoms with E-state index < -0.39 is 0 Å². The molecule has 1 rings (SSSR count). The molecule has 1 aromatic heterocycles. The zero-order valence-electron chi connectivity index (χ0n) is 8.03. The van der Waals surface area contributed by atoms with Crippen LogP contribution >= 0.6 is 24.2 Å². The van der Waals surface area contributed by atoms with E-state index in [9.17, 15) is 0 Å². The van der Waals surface area contributed by atoms with E-state index in [0.29, 0.717) is 17.6 Å². The molecule has 6 heteroatoms. The highest BCUT2D eigenvalue weighted by Crippen LogP contribution is 2.16. The highest BCUT2D eigenvalue weighted by atomic mass is 35.5. The predicted molar refractivity (Wildman–Crippen MR) is 62.7 cm³/mol. The summed E-state index contributed by atoms with van der Waals surface area (Å²) in [5.41, 5.74) is 5.51. The Bertz CT molecular complexity index is 298. The van der Waals surface area contributed by atoms with E-state index >= 15 is 0 Å². The molecule has 0 amide bonds. The van der Waals surface area contributed by atoms with Gasteiger partial charge in [-0.05, 0) is 17.5 Å². The Morgan fingerprint density at radius 1 is 1.50 bits per heavy atom. The quantitative estimate of drug-likeness (QED) is 0.424. The van der Waals surface area contributed by atoms with Crippen LogP contribution in [-0.2, 0) is 0 Å². The molecule has 0 spiro atoms. The summed E-state index contributed by atoms with van der Waals surface area (Å²) < 4.78 is 0. The van der Waals surface area contributed by atoms with E-state index in [1.807, 2.05) is 0 Å². The SMILES string of the molecule is CC(C)[C@@H](S)Nc1cc(N)nc(Cl)n1. The molecule has 1 aromatic rings. The van der Waals surface area contributed by atoms with Crippen LogP contribution in [0.2, 0.25) is 5.28 Å². The van der Waals surface area contributed by atoms with Gasteiger partial charge in [0.1, 0.15) is 11.6 Å². The van der Waals surface area contributed by atoms with Crippen LogP contribution in [0.4, 0.5) is 11.6 Å². The van der Waals surface area contributed by atoms with Crippen molar-refractivity contribution in [1.82, 2.24) is 9.97 Å². The van der Waals surface area contributed by atoms with Gasteiger partial charge in [0, 0.05) is 6.07 Å². The lowest BCUT2D eigenvalue weighted by molar-refractivity contribution is 0.652. The number of nitrogens with two attached hydrogens (primary N) is 1. The zero-order valence-corrected chi connectivity index (χ0v) is 9.68. The third kappa shape index (κ3) is 3.23. The summed E-state index contributed by atoms with van der Waals surface area (Å²) in [4.78, 5) is 7.72. The van der Waals surface area contributed by atoms with Crippen molar-refractivity contribution >= 4 is 35.9 Å². The fourth-order valence-corrected chi connectivity index (χ4v) is 1.15. The maximum absolute atomic E-state index is 5.65. The molecule has 0 saturated heterocycles. The molecule has 3 N–H and O–H groups in total. The molecule has 0 aliphatic rings. The van der Waals surface area contributed by atoms with Gasteiger partial charge in [-0.2, -0.15) is 12.6 Å². The Labute approximate surface area is 93.7 Å². The first-order valence-corrected chi connectivity index (χ1v) is 5.13. The van der Waals surface area contributed by atoms with Gasteiger partial charge in [-0.1, -0.05) is 13.8 Å². The second-order valence-electron chi connectivity index (χ2n) is 3.28. The summed E-state index contributed by atoms with van der Waals surface area (Å²) in [6, 6.07) is 1.62. The number of nitrogens with zero attached hydrogens (tertiary/aromatic N) is 2. The van der Waals surface area contributed by atoms with Gasteiger partial charge in [-0.3, -0.25) is 0 Å². The van der Waals surface area contributed by atoms with Crippen molar-refractivity contribution in [3.05, 3.63) is 11.3 Å². The van der Waals surface area contributed by atoms with Gasteiger partial charge in [-0.25, -0.2) is 9.97 Å². The van der Waals surface area contributed by atoms with Crippen LogP contribution in [0.1, 0.15) is 13.8 Å². The van der Waals surface area contributed by atoms with Crippen LogP contribution in [0, 0.1) is 5.92 Å². The molecule has 4 nitrogen and oxygen atoms in total. The summed E-state index contributed by atoms with van der Waals surface area (Å²) in [5.74, 6) is 1.32. The molecule has 0 aliphatic carbocycles. The molecular weight excluding hydrogens is 220 g/mol. The predicted octanol–water partition coefficient (Wildman–Crippen LogP) is 2.04. The first kappa shape index (κ1) is 11.4. The number of thiol groups is 1. The normalized spacial score (nSPS) is 12.9. The summed E-state index contributed by atoms with van der Waals surface area (Å²) >= 11 is 10.00. The van der Waals surface area contributed by atoms with Gasteiger partial charge in [0.2, 0.25) is 5.28 Å². The Morgan fingerprint density at radius 3 is 2.64 bits per heavy atom. The summed E-state index contributed by atoms with van der Waals surface area (Å²) in [5, 5.41) is 3.22. The summed E-state index contributed by atoms with van der Waals surface area (Å²) in [6.07, 6.45) is 0. The third-order valence-corrected chi connectivity index (χ3v) is 2.54. The van der Waals surface area contributed by atoms with Gasteiger partial charge >= 0.3 is 0 Å². The van der Waals surface area contributed by atoms with Crippen molar-refractivity contribution in [3.63, 3.8) is 0 Å². The molecule has 0 unspecified atom stereocenters. The smallest absolute Gasteiger partial charge is 0.226 e. The van der Waals surface area contributed by atoms with Crippen molar-refractivity contribution in [2.75, 3.05) is 11.1 Å². The number of hydrogen-bond donors (Lipinski definition) is 3. The lowest BCUT2D eigenvalue weighted by atomic mass is 10.2. The molecule has 0 saturated carbocycles. The van der Waals surface area contributed by atoms with Gasteiger partial charge in [0.25, 0.3) is 0 Å². The standard InChI is InChI=1S/C8H13ClN4S/c1-4(2)7(14)12-6-3-5(10)11-8(9)13-6/h3-4,7,14H,1-2H3,(H3,10,11,12,13)/t7-/m1/s1.